The molecule has 1 saturated carbocycles. The fraction of sp³-hybridized carbons (Fsp3) is 0.714. The Hall–Kier alpha value is -0.380. The van der Waals surface area contributed by atoms with Crippen LogP contribution in [0.15, 0.2) is 11.4 Å². The molecule has 3 unspecified atom stereocenters. The van der Waals surface area contributed by atoms with E-state index < -0.39 is 0 Å². The Morgan fingerprint density at radius 1 is 1.41 bits per heavy atom. The van der Waals surface area contributed by atoms with Crippen LogP contribution in [0.4, 0.5) is 0 Å². The molecule has 17 heavy (non-hydrogen) atoms. The molecule has 1 aromatic heterocycles. The van der Waals surface area contributed by atoms with E-state index in [9.17, 15) is 0 Å². The van der Waals surface area contributed by atoms with E-state index in [0.717, 1.165) is 12.5 Å². The SMILES string of the molecule is Cc1ccsc1C(C)NC1CCOC1C1CC1. The van der Waals surface area contributed by atoms with Gasteiger partial charge < -0.3 is 10.1 Å². The Morgan fingerprint density at radius 2 is 2.24 bits per heavy atom. The van der Waals surface area contributed by atoms with Gasteiger partial charge in [-0.05, 0) is 56.0 Å². The summed E-state index contributed by atoms with van der Waals surface area (Å²) in [5.41, 5.74) is 1.41. The third-order valence-electron chi connectivity index (χ3n) is 3.98. The summed E-state index contributed by atoms with van der Waals surface area (Å²) in [5.74, 6) is 0.839. The molecule has 0 aromatic carbocycles. The summed E-state index contributed by atoms with van der Waals surface area (Å²) in [4.78, 5) is 1.48. The smallest absolute Gasteiger partial charge is 0.0757 e. The quantitative estimate of drug-likeness (QED) is 0.886. The Balaban J connectivity index is 1.64. The molecule has 1 aromatic rings. The Labute approximate surface area is 107 Å². The molecule has 1 aliphatic heterocycles. The molecule has 94 valence electrons. The van der Waals surface area contributed by atoms with Crippen LogP contribution in [-0.4, -0.2) is 18.8 Å². The average Bonchev–Trinajstić information content (AvgIpc) is 2.89. The van der Waals surface area contributed by atoms with E-state index in [2.05, 4.69) is 30.6 Å². The summed E-state index contributed by atoms with van der Waals surface area (Å²) in [7, 11) is 0. The topological polar surface area (TPSA) is 21.3 Å². The maximum atomic E-state index is 5.88. The lowest BCUT2D eigenvalue weighted by atomic mass is 10.0. The van der Waals surface area contributed by atoms with Gasteiger partial charge in [-0.15, -0.1) is 11.3 Å². The minimum Gasteiger partial charge on any atom is -0.376 e. The molecule has 0 bridgehead atoms. The Bertz CT molecular complexity index is 385. The van der Waals surface area contributed by atoms with E-state index in [4.69, 9.17) is 4.74 Å². The number of aryl methyl sites for hydroxylation is 1. The molecule has 1 aliphatic carbocycles. The molecular formula is C14H21NOS. The van der Waals surface area contributed by atoms with Crippen molar-refractivity contribution in [2.24, 2.45) is 5.92 Å². The fourth-order valence-corrected chi connectivity index (χ4v) is 3.85. The van der Waals surface area contributed by atoms with E-state index in [-0.39, 0.29) is 0 Å². The summed E-state index contributed by atoms with van der Waals surface area (Å²) in [6.45, 7) is 5.42. The van der Waals surface area contributed by atoms with Crippen LogP contribution in [0.5, 0.6) is 0 Å². The van der Waals surface area contributed by atoms with Crippen LogP contribution in [-0.2, 0) is 4.74 Å². The second kappa shape index (κ2) is 4.71. The van der Waals surface area contributed by atoms with Gasteiger partial charge in [-0.3, -0.25) is 0 Å². The second-order valence-corrected chi connectivity index (χ2v) is 6.37. The summed E-state index contributed by atoms with van der Waals surface area (Å²) >= 11 is 1.86. The third kappa shape index (κ3) is 2.42. The van der Waals surface area contributed by atoms with Crippen molar-refractivity contribution < 1.29 is 4.74 Å². The first-order chi connectivity index (χ1) is 8.25. The number of nitrogens with one attached hydrogen (secondary N) is 1. The third-order valence-corrected chi connectivity index (χ3v) is 5.18. The highest BCUT2D eigenvalue weighted by molar-refractivity contribution is 7.10. The molecule has 2 fully saturated rings. The van der Waals surface area contributed by atoms with Crippen LogP contribution >= 0.6 is 11.3 Å². The maximum absolute atomic E-state index is 5.88. The van der Waals surface area contributed by atoms with Crippen molar-refractivity contribution >= 4 is 11.3 Å². The van der Waals surface area contributed by atoms with Crippen molar-refractivity contribution in [1.82, 2.24) is 5.32 Å². The standard InChI is InChI=1S/C14H21NOS/c1-9-6-8-17-14(9)10(2)15-12-5-7-16-13(12)11-3-4-11/h6,8,10-13,15H,3-5,7H2,1-2H3. The minimum atomic E-state index is 0.461. The zero-order valence-corrected chi connectivity index (χ0v) is 11.4. The van der Waals surface area contributed by atoms with Crippen molar-refractivity contribution in [2.75, 3.05) is 6.61 Å². The van der Waals surface area contributed by atoms with Gasteiger partial charge in [0, 0.05) is 23.6 Å². The highest BCUT2D eigenvalue weighted by atomic mass is 32.1. The fourth-order valence-electron chi connectivity index (χ4n) is 2.90. The largest absolute Gasteiger partial charge is 0.376 e. The van der Waals surface area contributed by atoms with Crippen LogP contribution < -0.4 is 5.32 Å². The first-order valence-electron chi connectivity index (χ1n) is 6.67. The molecule has 2 heterocycles. The van der Waals surface area contributed by atoms with Crippen molar-refractivity contribution in [3.63, 3.8) is 0 Å². The zero-order chi connectivity index (χ0) is 11.8. The lowest BCUT2D eigenvalue weighted by Crippen LogP contribution is -2.39. The van der Waals surface area contributed by atoms with Gasteiger partial charge in [0.05, 0.1) is 6.10 Å². The van der Waals surface area contributed by atoms with Gasteiger partial charge in [-0.2, -0.15) is 0 Å². The van der Waals surface area contributed by atoms with Crippen molar-refractivity contribution in [1.29, 1.82) is 0 Å². The average molecular weight is 251 g/mol. The van der Waals surface area contributed by atoms with Gasteiger partial charge >= 0.3 is 0 Å². The maximum Gasteiger partial charge on any atom is 0.0757 e. The highest BCUT2D eigenvalue weighted by Gasteiger charge is 2.40. The van der Waals surface area contributed by atoms with E-state index >= 15 is 0 Å². The molecule has 2 aliphatic rings. The number of rotatable bonds is 4. The van der Waals surface area contributed by atoms with Crippen LogP contribution in [0, 0.1) is 12.8 Å². The van der Waals surface area contributed by atoms with Gasteiger partial charge in [-0.1, -0.05) is 0 Å². The number of ether oxygens (including phenoxy) is 1. The van der Waals surface area contributed by atoms with E-state index in [1.165, 1.54) is 29.7 Å². The predicted molar refractivity (Wildman–Crippen MR) is 71.5 cm³/mol. The van der Waals surface area contributed by atoms with E-state index in [1.54, 1.807) is 0 Å². The molecule has 3 rings (SSSR count). The van der Waals surface area contributed by atoms with Gasteiger partial charge in [-0.25, -0.2) is 0 Å². The van der Waals surface area contributed by atoms with Crippen LogP contribution in [0.2, 0.25) is 0 Å². The van der Waals surface area contributed by atoms with Crippen LogP contribution in [0.3, 0.4) is 0 Å². The number of thiophene rings is 1. The molecule has 0 amide bonds. The lowest BCUT2D eigenvalue weighted by molar-refractivity contribution is 0.0793. The second-order valence-electron chi connectivity index (χ2n) is 5.42. The van der Waals surface area contributed by atoms with E-state index in [0.29, 0.717) is 18.2 Å². The van der Waals surface area contributed by atoms with Crippen molar-refractivity contribution in [3.05, 3.63) is 21.9 Å². The molecule has 0 radical (unpaired) electrons. The monoisotopic (exact) mass is 251 g/mol. The molecule has 1 saturated heterocycles. The van der Waals surface area contributed by atoms with Gasteiger partial charge in [0.1, 0.15) is 0 Å². The summed E-state index contributed by atoms with van der Waals surface area (Å²) in [6.07, 6.45) is 4.40. The van der Waals surface area contributed by atoms with Gasteiger partial charge in [0.15, 0.2) is 0 Å². The van der Waals surface area contributed by atoms with Crippen LogP contribution in [0.25, 0.3) is 0 Å². The summed E-state index contributed by atoms with van der Waals surface area (Å²) in [6, 6.07) is 3.24. The van der Waals surface area contributed by atoms with Gasteiger partial charge in [0.25, 0.3) is 0 Å². The molecule has 1 N–H and O–H groups in total. The predicted octanol–water partition coefficient (Wildman–Crippen LogP) is 3.27. The number of hydrogen-bond donors (Lipinski definition) is 1. The Morgan fingerprint density at radius 3 is 2.88 bits per heavy atom. The lowest BCUT2D eigenvalue weighted by Gasteiger charge is -2.23. The van der Waals surface area contributed by atoms with Gasteiger partial charge in [0.2, 0.25) is 0 Å². The summed E-state index contributed by atoms with van der Waals surface area (Å²) in [5, 5.41) is 5.97. The highest BCUT2D eigenvalue weighted by Crippen LogP contribution is 2.39. The molecule has 2 nitrogen and oxygen atoms in total. The minimum absolute atomic E-state index is 0.461. The molecule has 3 heteroatoms. The Kier molecular flexibility index (Phi) is 3.24. The molecule has 3 atom stereocenters. The number of hydrogen-bond acceptors (Lipinski definition) is 3. The summed E-state index contributed by atoms with van der Waals surface area (Å²) < 4.78 is 5.88. The van der Waals surface area contributed by atoms with E-state index in [1.807, 2.05) is 11.3 Å². The van der Waals surface area contributed by atoms with Crippen molar-refractivity contribution in [2.45, 2.75) is 51.3 Å². The molecular weight excluding hydrogens is 230 g/mol. The molecule has 0 spiro atoms. The zero-order valence-electron chi connectivity index (χ0n) is 10.6. The van der Waals surface area contributed by atoms with Crippen LogP contribution in [0.1, 0.15) is 42.7 Å². The normalized spacial score (nSPS) is 30.7. The van der Waals surface area contributed by atoms with Crippen molar-refractivity contribution in [3.8, 4) is 0 Å². The first kappa shape index (κ1) is 11.7. The first-order valence-corrected chi connectivity index (χ1v) is 7.55.